The van der Waals surface area contributed by atoms with Crippen LogP contribution in [0.4, 0.5) is 8.78 Å². The Morgan fingerprint density at radius 1 is 1.64 bits per heavy atom. The maximum absolute atomic E-state index is 12.8. The molecule has 0 aliphatic rings. The Kier molecular flexibility index (Phi) is 2.76. The summed E-state index contributed by atoms with van der Waals surface area (Å²) in [6.45, 7) is 0. The monoisotopic (exact) mass is 201 g/mol. The molecule has 0 saturated carbocycles. The Hall–Kier alpha value is -1.56. The van der Waals surface area contributed by atoms with Crippen molar-refractivity contribution in [2.45, 2.75) is 12.0 Å². The number of pyridine rings is 1. The Morgan fingerprint density at radius 3 is 2.71 bits per heavy atom. The maximum atomic E-state index is 12.8. The number of nitrogens with one attached hydrogen (secondary N) is 1. The fraction of sp³-hybridized carbons (Fsp3) is 0.250. The summed E-state index contributed by atoms with van der Waals surface area (Å²) in [5, 5.41) is 25.6. The summed E-state index contributed by atoms with van der Waals surface area (Å²) < 4.78 is 25.6. The lowest BCUT2D eigenvalue weighted by Crippen LogP contribution is -2.42. The van der Waals surface area contributed by atoms with Gasteiger partial charge in [0.25, 0.3) is 0 Å². The van der Waals surface area contributed by atoms with Gasteiger partial charge in [0.05, 0.1) is 0 Å². The van der Waals surface area contributed by atoms with E-state index in [-0.39, 0.29) is 5.56 Å². The number of aliphatic hydroxyl groups is 1. The van der Waals surface area contributed by atoms with Gasteiger partial charge in [0.2, 0.25) is 0 Å². The third-order valence-corrected chi connectivity index (χ3v) is 1.65. The van der Waals surface area contributed by atoms with E-state index in [4.69, 9.17) is 10.5 Å². The van der Waals surface area contributed by atoms with E-state index >= 15 is 0 Å². The van der Waals surface area contributed by atoms with Gasteiger partial charge in [-0.3, -0.25) is 4.98 Å². The second kappa shape index (κ2) is 3.67. The van der Waals surface area contributed by atoms with Crippen LogP contribution in [0.5, 0.6) is 0 Å². The topological polar surface area (TPSA) is 80.0 Å². The molecule has 14 heavy (non-hydrogen) atoms. The van der Waals surface area contributed by atoms with Crippen molar-refractivity contribution in [1.29, 1.82) is 5.41 Å². The molecule has 0 bridgehead atoms. The molecule has 1 unspecified atom stereocenters. The van der Waals surface area contributed by atoms with E-state index in [1.54, 1.807) is 0 Å². The van der Waals surface area contributed by atoms with Crippen LogP contribution in [-0.2, 0) is 0 Å². The lowest BCUT2D eigenvalue weighted by atomic mass is 10.1. The number of alkyl halides is 2. The molecule has 0 radical (unpaired) electrons. The van der Waals surface area contributed by atoms with Gasteiger partial charge >= 0.3 is 5.92 Å². The van der Waals surface area contributed by atoms with Crippen LogP contribution in [0.15, 0.2) is 24.5 Å². The van der Waals surface area contributed by atoms with Crippen LogP contribution in [0.2, 0.25) is 0 Å². The van der Waals surface area contributed by atoms with Gasteiger partial charge < -0.3 is 15.6 Å². The smallest absolute Gasteiger partial charge is 0.305 e. The molecule has 0 fully saturated rings. The molecule has 0 aliphatic heterocycles. The molecule has 0 spiro atoms. The van der Waals surface area contributed by atoms with E-state index in [9.17, 15) is 13.9 Å². The number of rotatable bonds is 3. The molecule has 0 saturated heterocycles. The highest BCUT2D eigenvalue weighted by atomic mass is 19.3. The highest BCUT2D eigenvalue weighted by Crippen LogP contribution is 2.30. The lowest BCUT2D eigenvalue weighted by molar-refractivity contribution is -0.256. The van der Waals surface area contributed by atoms with Crippen molar-refractivity contribution in [3.8, 4) is 0 Å². The zero-order valence-electron chi connectivity index (χ0n) is 6.95. The fourth-order valence-corrected chi connectivity index (χ4v) is 0.871. The molecule has 76 valence electrons. The number of hydrogen-bond acceptors (Lipinski definition) is 4. The minimum atomic E-state index is -4.09. The van der Waals surface area contributed by atoms with E-state index in [1.807, 2.05) is 0 Å². The molecule has 6 heteroatoms. The van der Waals surface area contributed by atoms with Crippen molar-refractivity contribution in [2.75, 3.05) is 0 Å². The predicted molar refractivity (Wildman–Crippen MR) is 41.9 cm³/mol. The minimum Gasteiger partial charge on any atom is -0.858 e. The summed E-state index contributed by atoms with van der Waals surface area (Å²) in [5.74, 6) is -6.21. The second-order valence-corrected chi connectivity index (χ2v) is 2.64. The van der Waals surface area contributed by atoms with E-state index in [2.05, 4.69) is 4.98 Å². The maximum Gasteiger partial charge on any atom is 0.305 e. The molecule has 1 atom stereocenters. The van der Waals surface area contributed by atoms with Crippen molar-refractivity contribution in [3.63, 3.8) is 0 Å². The summed E-state index contributed by atoms with van der Waals surface area (Å²) in [5.41, 5.74) is -0.196. The summed E-state index contributed by atoms with van der Waals surface area (Å²) >= 11 is 0. The lowest BCUT2D eigenvalue weighted by Gasteiger charge is -2.25. The summed E-state index contributed by atoms with van der Waals surface area (Å²) in [6.07, 6.45) is 0.0412. The van der Waals surface area contributed by atoms with Gasteiger partial charge in [0, 0.05) is 23.9 Å². The first-order chi connectivity index (χ1) is 6.46. The molecule has 0 aromatic carbocycles. The van der Waals surface area contributed by atoms with Crippen LogP contribution < -0.4 is 5.11 Å². The number of halogens is 2. The van der Waals surface area contributed by atoms with Crippen LogP contribution in [-0.4, -0.2) is 21.9 Å². The number of hydrogen-bond donors (Lipinski definition) is 2. The normalized spacial score (nSPS) is 13.6. The molecule has 4 nitrogen and oxygen atoms in total. The summed E-state index contributed by atoms with van der Waals surface area (Å²) in [7, 11) is 0. The first kappa shape index (κ1) is 10.5. The highest BCUT2D eigenvalue weighted by molar-refractivity contribution is 5.77. The third kappa shape index (κ3) is 1.85. The van der Waals surface area contributed by atoms with E-state index in [1.165, 1.54) is 18.3 Å². The van der Waals surface area contributed by atoms with Crippen molar-refractivity contribution < 1.29 is 19.0 Å². The van der Waals surface area contributed by atoms with Gasteiger partial charge in [-0.15, -0.1) is 0 Å². The van der Waals surface area contributed by atoms with Gasteiger partial charge in [-0.1, -0.05) is 6.07 Å². The quantitative estimate of drug-likeness (QED) is 0.537. The zero-order chi connectivity index (χ0) is 10.8. The molecular weight excluding hydrogens is 194 g/mol. The van der Waals surface area contributed by atoms with Crippen LogP contribution in [0.3, 0.4) is 0 Å². The largest absolute Gasteiger partial charge is 0.858 e. The number of nitrogens with zero attached hydrogens (tertiary/aromatic N) is 1. The average Bonchev–Trinajstić information content (AvgIpc) is 2.17. The minimum absolute atomic E-state index is 0.196. The Balaban J connectivity index is 2.96. The Morgan fingerprint density at radius 2 is 2.29 bits per heavy atom. The molecule has 1 aromatic rings. The van der Waals surface area contributed by atoms with Crippen LogP contribution in [0.25, 0.3) is 0 Å². The predicted octanol–water partition coefficient (Wildman–Crippen LogP) is 0.0879. The van der Waals surface area contributed by atoms with E-state index in [0.717, 1.165) is 6.20 Å². The third-order valence-electron chi connectivity index (χ3n) is 1.65. The zero-order valence-corrected chi connectivity index (χ0v) is 6.95. The molecule has 0 aliphatic carbocycles. The Labute approximate surface area is 78.4 Å². The van der Waals surface area contributed by atoms with E-state index in [0.29, 0.717) is 0 Å². The van der Waals surface area contributed by atoms with Crippen LogP contribution >= 0.6 is 0 Å². The molecule has 2 N–H and O–H groups in total. The van der Waals surface area contributed by atoms with Crippen LogP contribution in [0, 0.1) is 5.41 Å². The molecule has 1 aromatic heterocycles. The van der Waals surface area contributed by atoms with Gasteiger partial charge in [-0.05, 0) is 6.07 Å². The van der Waals surface area contributed by atoms with Gasteiger partial charge in [0.15, 0.2) is 0 Å². The fourth-order valence-electron chi connectivity index (χ4n) is 0.871. The van der Waals surface area contributed by atoms with Crippen LogP contribution in [0.1, 0.15) is 11.7 Å². The SMILES string of the molecule is N=C([O-])C(F)(F)C(O)c1cccnc1. The first-order valence-corrected chi connectivity index (χ1v) is 3.68. The van der Waals surface area contributed by atoms with E-state index < -0.39 is 17.9 Å². The van der Waals surface area contributed by atoms with Crippen molar-refractivity contribution in [2.24, 2.45) is 0 Å². The molecule has 0 amide bonds. The Bertz CT molecular complexity index is 329. The van der Waals surface area contributed by atoms with Gasteiger partial charge in [-0.25, -0.2) is 0 Å². The molecule has 1 rings (SSSR count). The standard InChI is InChI=1S/C8H8F2N2O2/c9-8(10,7(11)14)6(13)5-2-1-3-12-4-5/h1-4,6,13H,(H2,11,14)/p-1. The summed E-state index contributed by atoms with van der Waals surface area (Å²) in [6, 6.07) is 2.55. The second-order valence-electron chi connectivity index (χ2n) is 2.64. The van der Waals surface area contributed by atoms with Gasteiger partial charge in [-0.2, -0.15) is 8.78 Å². The van der Waals surface area contributed by atoms with Crippen molar-refractivity contribution in [1.82, 2.24) is 4.98 Å². The first-order valence-electron chi connectivity index (χ1n) is 3.68. The number of aliphatic hydroxyl groups excluding tert-OH is 1. The average molecular weight is 201 g/mol. The summed E-state index contributed by atoms with van der Waals surface area (Å²) in [4.78, 5) is 3.51. The van der Waals surface area contributed by atoms with Crippen molar-refractivity contribution >= 4 is 5.90 Å². The highest BCUT2D eigenvalue weighted by Gasteiger charge is 2.39. The van der Waals surface area contributed by atoms with Gasteiger partial charge in [0.1, 0.15) is 6.10 Å². The van der Waals surface area contributed by atoms with Crippen molar-refractivity contribution in [3.05, 3.63) is 30.1 Å². The molecule has 1 heterocycles. The number of aromatic nitrogens is 1. The molecular formula is C8H7F2N2O2-.